The fourth-order valence-electron chi connectivity index (χ4n) is 1.17. The van der Waals surface area contributed by atoms with Crippen molar-refractivity contribution >= 4 is 12.3 Å². The normalized spacial score (nSPS) is 12.1. The number of nitrogens with zero attached hydrogens (tertiary/aromatic N) is 1. The van der Waals surface area contributed by atoms with Crippen LogP contribution >= 0.6 is 0 Å². The molecule has 0 saturated carbocycles. The van der Waals surface area contributed by atoms with Crippen LogP contribution in [0.4, 0.5) is 0 Å². The summed E-state index contributed by atoms with van der Waals surface area (Å²) in [6.45, 7) is -0.0246. The van der Waals surface area contributed by atoms with Gasteiger partial charge < -0.3 is 31.1 Å². The number of carbonyl (C=O) groups is 2. The van der Waals surface area contributed by atoms with Gasteiger partial charge in [-0.2, -0.15) is 0 Å². The first-order valence-electron chi connectivity index (χ1n) is 6.31. The van der Waals surface area contributed by atoms with Crippen LogP contribution in [0.1, 0.15) is 0 Å². The topological polar surface area (TPSA) is 117 Å². The van der Waals surface area contributed by atoms with Crippen LogP contribution in [-0.4, -0.2) is 69.0 Å². The number of ether oxygens (including phenoxy) is 1. The highest BCUT2D eigenvalue weighted by Gasteiger charge is 2.05. The Kier molecular flexibility index (Phi) is 10.8. The summed E-state index contributed by atoms with van der Waals surface area (Å²) in [5.41, 5.74) is 6.30. The Morgan fingerprint density at radius 2 is 2.29 bits per heavy atom. The van der Waals surface area contributed by atoms with Crippen LogP contribution in [0.2, 0.25) is 0 Å². The molecule has 118 valence electrons. The average molecular weight is 298 g/mol. The van der Waals surface area contributed by atoms with Gasteiger partial charge in [0.25, 0.3) is 0 Å². The predicted molar refractivity (Wildman–Crippen MR) is 77.6 cm³/mol. The van der Waals surface area contributed by atoms with E-state index < -0.39 is 6.17 Å². The second kappa shape index (κ2) is 11.9. The minimum absolute atomic E-state index is 0.112. The third kappa shape index (κ3) is 9.59. The van der Waals surface area contributed by atoms with Gasteiger partial charge in [-0.25, -0.2) is 0 Å². The van der Waals surface area contributed by atoms with Crippen LogP contribution in [0.15, 0.2) is 11.8 Å². The third-order valence-corrected chi connectivity index (χ3v) is 2.23. The van der Waals surface area contributed by atoms with E-state index in [1.165, 1.54) is 11.1 Å². The van der Waals surface area contributed by atoms with Crippen molar-refractivity contribution in [3.05, 3.63) is 11.8 Å². The van der Waals surface area contributed by atoms with Gasteiger partial charge in [0.2, 0.25) is 12.3 Å². The minimum Gasteiger partial charge on any atom is -0.394 e. The molecule has 0 fully saturated rings. The molecule has 0 aliphatic heterocycles. The first-order valence-corrected chi connectivity index (χ1v) is 6.31. The lowest BCUT2D eigenvalue weighted by atomic mass is 10.2. The minimum atomic E-state index is -0.511. The molecule has 1 unspecified atom stereocenters. The van der Waals surface area contributed by atoms with Crippen LogP contribution in [0.5, 0.6) is 0 Å². The fourth-order valence-corrected chi connectivity index (χ4v) is 1.17. The number of nitrogens with two attached hydrogens (primary N) is 1. The quantitative estimate of drug-likeness (QED) is 0.163. The summed E-state index contributed by atoms with van der Waals surface area (Å²) in [4.78, 5) is 23.2. The van der Waals surface area contributed by atoms with E-state index in [4.69, 9.17) is 15.6 Å². The molecule has 0 radical (unpaired) electrons. The number of hydrogen-bond donors (Lipinski definition) is 4. The summed E-state index contributed by atoms with van der Waals surface area (Å²) in [7, 11) is 3.23. The maximum Gasteiger partial charge on any atom is 0.246 e. The highest BCUT2D eigenvalue weighted by molar-refractivity contribution is 5.77. The van der Waals surface area contributed by atoms with E-state index in [1.807, 2.05) is 0 Å². The van der Waals surface area contributed by atoms with Gasteiger partial charge in [-0.05, 0) is 7.05 Å². The van der Waals surface area contributed by atoms with E-state index in [-0.39, 0.29) is 32.3 Å². The first kappa shape index (κ1) is 19.1. The van der Waals surface area contributed by atoms with Crippen molar-refractivity contribution in [2.45, 2.75) is 6.17 Å². The standard InChI is InChI=1S/C13H22N4O4/c1-15-13(14)11(8-17(2)10-19)4-3-5-16-12(20)9-21-7-6-18/h8,10,13,15,18H,5-7,9,14H2,1-2H3,(H,16,20)/b11-8-. The predicted octanol–water partition coefficient (Wildman–Crippen LogP) is -2.41. The molecule has 2 amide bonds. The van der Waals surface area contributed by atoms with Crippen molar-refractivity contribution in [2.75, 3.05) is 40.5 Å². The molecule has 0 aromatic heterocycles. The number of nitrogens with one attached hydrogen (secondary N) is 2. The molecule has 8 nitrogen and oxygen atoms in total. The summed E-state index contributed by atoms with van der Waals surface area (Å²) < 4.78 is 4.85. The van der Waals surface area contributed by atoms with E-state index in [1.54, 1.807) is 14.1 Å². The Bertz CT molecular complexity index is 414. The molecule has 0 rings (SSSR count). The van der Waals surface area contributed by atoms with Crippen molar-refractivity contribution in [1.82, 2.24) is 15.5 Å². The van der Waals surface area contributed by atoms with Gasteiger partial charge in [-0.15, -0.1) is 0 Å². The van der Waals surface area contributed by atoms with Crippen LogP contribution < -0.4 is 16.4 Å². The molecule has 0 heterocycles. The number of aliphatic hydroxyl groups is 1. The number of hydrogen-bond acceptors (Lipinski definition) is 6. The van der Waals surface area contributed by atoms with Crippen LogP contribution in [-0.2, 0) is 14.3 Å². The molecule has 1 atom stereocenters. The van der Waals surface area contributed by atoms with E-state index in [9.17, 15) is 9.59 Å². The monoisotopic (exact) mass is 298 g/mol. The second-order valence-corrected chi connectivity index (χ2v) is 3.98. The van der Waals surface area contributed by atoms with E-state index in [2.05, 4.69) is 22.5 Å². The molecule has 0 aromatic carbocycles. The molecule has 0 bridgehead atoms. The largest absolute Gasteiger partial charge is 0.394 e. The van der Waals surface area contributed by atoms with E-state index >= 15 is 0 Å². The molecule has 8 heteroatoms. The van der Waals surface area contributed by atoms with Gasteiger partial charge in [-0.1, -0.05) is 11.8 Å². The van der Waals surface area contributed by atoms with Crippen LogP contribution in [0.25, 0.3) is 0 Å². The van der Waals surface area contributed by atoms with Crippen LogP contribution in [0.3, 0.4) is 0 Å². The molecule has 0 saturated heterocycles. The van der Waals surface area contributed by atoms with Crippen LogP contribution in [0, 0.1) is 11.8 Å². The Hall–Kier alpha value is -1.92. The summed E-state index contributed by atoms with van der Waals surface area (Å²) in [5.74, 6) is 5.19. The zero-order valence-corrected chi connectivity index (χ0v) is 12.3. The van der Waals surface area contributed by atoms with Gasteiger partial charge >= 0.3 is 0 Å². The Morgan fingerprint density at radius 1 is 1.57 bits per heavy atom. The zero-order valence-electron chi connectivity index (χ0n) is 12.3. The van der Waals surface area contributed by atoms with E-state index in [0.29, 0.717) is 12.0 Å². The summed E-state index contributed by atoms with van der Waals surface area (Å²) in [6, 6.07) is 0. The van der Waals surface area contributed by atoms with Gasteiger partial charge in [0, 0.05) is 18.8 Å². The van der Waals surface area contributed by atoms with E-state index in [0.717, 1.165) is 0 Å². The zero-order chi connectivity index (χ0) is 16.1. The smallest absolute Gasteiger partial charge is 0.246 e. The molecule has 5 N–H and O–H groups in total. The van der Waals surface area contributed by atoms with Crippen molar-refractivity contribution in [3.8, 4) is 11.8 Å². The van der Waals surface area contributed by atoms with Gasteiger partial charge in [0.05, 0.1) is 25.9 Å². The molecule has 0 spiro atoms. The molecular formula is C13H22N4O4. The lowest BCUT2D eigenvalue weighted by Crippen LogP contribution is -2.36. The molecule has 0 aromatic rings. The first-order chi connectivity index (χ1) is 10.0. The van der Waals surface area contributed by atoms with Gasteiger partial charge in [-0.3, -0.25) is 9.59 Å². The number of rotatable bonds is 9. The van der Waals surface area contributed by atoms with Crippen molar-refractivity contribution in [1.29, 1.82) is 0 Å². The Balaban J connectivity index is 4.38. The maximum absolute atomic E-state index is 11.3. The summed E-state index contributed by atoms with van der Waals surface area (Å²) >= 11 is 0. The van der Waals surface area contributed by atoms with Crippen molar-refractivity contribution < 1.29 is 19.4 Å². The SMILES string of the molecule is CNC(N)/C(C#CCNC(=O)COCCO)=C\N(C)C=O. The molecule has 21 heavy (non-hydrogen) atoms. The highest BCUT2D eigenvalue weighted by atomic mass is 16.5. The number of amides is 2. The summed E-state index contributed by atoms with van der Waals surface area (Å²) in [6.07, 6.45) is 1.63. The second-order valence-electron chi connectivity index (χ2n) is 3.98. The number of aliphatic hydroxyl groups excluding tert-OH is 1. The van der Waals surface area contributed by atoms with Crippen molar-refractivity contribution in [2.24, 2.45) is 5.73 Å². The number of likely N-dealkylation sites (N-methyl/N-ethyl adjacent to an activating group) is 1. The molecular weight excluding hydrogens is 276 g/mol. The van der Waals surface area contributed by atoms with Crippen molar-refractivity contribution in [3.63, 3.8) is 0 Å². The highest BCUT2D eigenvalue weighted by Crippen LogP contribution is 1.96. The lowest BCUT2D eigenvalue weighted by molar-refractivity contribution is -0.125. The summed E-state index contributed by atoms with van der Waals surface area (Å²) in [5, 5.41) is 13.8. The molecule has 0 aliphatic carbocycles. The average Bonchev–Trinajstić information content (AvgIpc) is 2.49. The third-order valence-electron chi connectivity index (χ3n) is 2.23. The fraction of sp³-hybridized carbons (Fsp3) is 0.538. The Morgan fingerprint density at radius 3 is 2.86 bits per heavy atom. The molecule has 0 aliphatic rings. The number of carbonyl (C=O) groups excluding carboxylic acids is 2. The Labute approximate surface area is 124 Å². The van der Waals surface area contributed by atoms with Gasteiger partial charge in [0.1, 0.15) is 6.61 Å². The maximum atomic E-state index is 11.3. The van der Waals surface area contributed by atoms with Gasteiger partial charge in [0.15, 0.2) is 0 Å². The lowest BCUT2D eigenvalue weighted by Gasteiger charge is -2.12.